The highest BCUT2D eigenvalue weighted by atomic mass is 79.9. The molecule has 1 saturated heterocycles. The van der Waals surface area contributed by atoms with Gasteiger partial charge in [-0.05, 0) is 38.8 Å². The lowest BCUT2D eigenvalue weighted by Gasteiger charge is -2.33. The molecule has 1 aliphatic rings. The summed E-state index contributed by atoms with van der Waals surface area (Å²) in [6, 6.07) is 4.02. The van der Waals surface area contributed by atoms with E-state index in [0.29, 0.717) is 4.83 Å². The van der Waals surface area contributed by atoms with Gasteiger partial charge in [0.05, 0.1) is 12.8 Å². The second-order valence-corrected chi connectivity index (χ2v) is 6.88. The van der Waals surface area contributed by atoms with Gasteiger partial charge in [0.1, 0.15) is 5.75 Å². The standard InChI is InChI=1S/C15H23BrN2O/c1-11-8-15(19-3)9-14(17-11)10-18-6-4-13(5-7-18)12(2)16/h8-9,12-13H,4-7,10H2,1-3H3. The van der Waals surface area contributed by atoms with E-state index in [1.807, 2.05) is 19.1 Å². The maximum absolute atomic E-state index is 5.31. The van der Waals surface area contributed by atoms with E-state index in [0.717, 1.165) is 29.6 Å². The number of aryl methyl sites for hydroxylation is 1. The van der Waals surface area contributed by atoms with Crippen LogP contribution in [0.1, 0.15) is 31.2 Å². The fraction of sp³-hybridized carbons (Fsp3) is 0.667. The minimum Gasteiger partial charge on any atom is -0.497 e. The third kappa shape index (κ3) is 4.18. The third-order valence-corrected chi connectivity index (χ3v) is 4.63. The molecule has 0 N–H and O–H groups in total. The molecular formula is C15H23BrN2O. The average molecular weight is 327 g/mol. The normalized spacial score (nSPS) is 19.4. The number of hydrogen-bond donors (Lipinski definition) is 0. The zero-order valence-electron chi connectivity index (χ0n) is 12.0. The van der Waals surface area contributed by atoms with Crippen molar-refractivity contribution in [1.82, 2.24) is 9.88 Å². The molecule has 1 fully saturated rings. The molecule has 1 atom stereocenters. The van der Waals surface area contributed by atoms with Crippen molar-refractivity contribution >= 4 is 15.9 Å². The number of halogens is 1. The fourth-order valence-electron chi connectivity index (χ4n) is 2.70. The van der Waals surface area contributed by atoms with Crippen molar-refractivity contribution in [2.75, 3.05) is 20.2 Å². The molecule has 1 aromatic heterocycles. The maximum atomic E-state index is 5.31. The quantitative estimate of drug-likeness (QED) is 0.793. The SMILES string of the molecule is COc1cc(C)nc(CN2CCC(C(C)Br)CC2)c1. The molecule has 19 heavy (non-hydrogen) atoms. The van der Waals surface area contributed by atoms with Crippen LogP contribution < -0.4 is 4.74 Å². The van der Waals surface area contributed by atoms with Crippen molar-refractivity contribution in [3.8, 4) is 5.75 Å². The van der Waals surface area contributed by atoms with Crippen molar-refractivity contribution in [1.29, 1.82) is 0 Å². The van der Waals surface area contributed by atoms with Crippen LogP contribution in [-0.4, -0.2) is 34.9 Å². The van der Waals surface area contributed by atoms with Crippen LogP contribution in [0.25, 0.3) is 0 Å². The Morgan fingerprint density at radius 1 is 1.42 bits per heavy atom. The second-order valence-electron chi connectivity index (χ2n) is 5.43. The van der Waals surface area contributed by atoms with Crippen molar-refractivity contribution in [3.63, 3.8) is 0 Å². The van der Waals surface area contributed by atoms with E-state index in [4.69, 9.17) is 4.74 Å². The minimum absolute atomic E-state index is 0.631. The summed E-state index contributed by atoms with van der Waals surface area (Å²) in [5, 5.41) is 0. The Kier molecular flexibility index (Phi) is 5.22. The van der Waals surface area contributed by atoms with Gasteiger partial charge >= 0.3 is 0 Å². The van der Waals surface area contributed by atoms with Gasteiger partial charge < -0.3 is 4.74 Å². The smallest absolute Gasteiger partial charge is 0.122 e. The van der Waals surface area contributed by atoms with Gasteiger partial charge in [0.15, 0.2) is 0 Å². The Balaban J connectivity index is 1.93. The highest BCUT2D eigenvalue weighted by molar-refractivity contribution is 9.09. The average Bonchev–Trinajstić information content (AvgIpc) is 2.38. The summed E-state index contributed by atoms with van der Waals surface area (Å²) in [5.74, 6) is 1.72. The second kappa shape index (κ2) is 6.71. The number of aromatic nitrogens is 1. The minimum atomic E-state index is 0.631. The van der Waals surface area contributed by atoms with Crippen LogP contribution in [-0.2, 0) is 6.54 Å². The van der Waals surface area contributed by atoms with E-state index in [-0.39, 0.29) is 0 Å². The number of methoxy groups -OCH3 is 1. The molecule has 4 heteroatoms. The molecule has 0 amide bonds. The van der Waals surface area contributed by atoms with Crippen molar-refractivity contribution < 1.29 is 4.74 Å². The van der Waals surface area contributed by atoms with Crippen LogP contribution in [0.2, 0.25) is 0 Å². The van der Waals surface area contributed by atoms with Gasteiger partial charge in [0, 0.05) is 29.2 Å². The number of alkyl halides is 1. The molecule has 0 spiro atoms. The summed E-state index contributed by atoms with van der Waals surface area (Å²) >= 11 is 3.70. The van der Waals surface area contributed by atoms with Crippen LogP contribution >= 0.6 is 15.9 Å². The van der Waals surface area contributed by atoms with E-state index in [1.54, 1.807) is 7.11 Å². The molecule has 0 saturated carbocycles. The highest BCUT2D eigenvalue weighted by Gasteiger charge is 2.22. The number of piperidine rings is 1. The molecule has 0 aromatic carbocycles. The zero-order valence-corrected chi connectivity index (χ0v) is 13.6. The highest BCUT2D eigenvalue weighted by Crippen LogP contribution is 2.26. The number of nitrogens with zero attached hydrogens (tertiary/aromatic N) is 2. The predicted octanol–water partition coefficient (Wildman–Crippen LogP) is 3.39. The number of ether oxygens (including phenoxy) is 1. The van der Waals surface area contributed by atoms with Crippen LogP contribution in [0.5, 0.6) is 5.75 Å². The van der Waals surface area contributed by atoms with E-state index in [1.165, 1.54) is 25.9 Å². The Morgan fingerprint density at radius 2 is 2.11 bits per heavy atom. The van der Waals surface area contributed by atoms with Crippen LogP contribution in [0.4, 0.5) is 0 Å². The Morgan fingerprint density at radius 3 is 2.68 bits per heavy atom. The lowest BCUT2D eigenvalue weighted by atomic mass is 9.94. The number of likely N-dealkylation sites (tertiary alicyclic amines) is 1. The predicted molar refractivity (Wildman–Crippen MR) is 81.9 cm³/mol. The van der Waals surface area contributed by atoms with Gasteiger partial charge in [-0.1, -0.05) is 22.9 Å². The molecule has 0 bridgehead atoms. The summed E-state index contributed by atoms with van der Waals surface area (Å²) in [6.45, 7) is 7.54. The number of hydrogen-bond acceptors (Lipinski definition) is 3. The molecule has 1 unspecified atom stereocenters. The topological polar surface area (TPSA) is 25.4 Å². The summed E-state index contributed by atoms with van der Waals surface area (Å²) in [5.41, 5.74) is 2.14. The number of rotatable bonds is 4. The molecule has 1 aromatic rings. The molecular weight excluding hydrogens is 304 g/mol. The van der Waals surface area contributed by atoms with Crippen LogP contribution in [0.3, 0.4) is 0 Å². The third-order valence-electron chi connectivity index (χ3n) is 3.88. The molecule has 106 valence electrons. The molecule has 0 radical (unpaired) electrons. The first-order valence-electron chi connectivity index (χ1n) is 6.96. The van der Waals surface area contributed by atoms with Gasteiger partial charge in [0.25, 0.3) is 0 Å². The Hall–Kier alpha value is -0.610. The van der Waals surface area contributed by atoms with Gasteiger partial charge in [-0.3, -0.25) is 9.88 Å². The first-order chi connectivity index (χ1) is 9.08. The van der Waals surface area contributed by atoms with Gasteiger partial charge in [0.2, 0.25) is 0 Å². The summed E-state index contributed by atoms with van der Waals surface area (Å²) in [7, 11) is 1.71. The fourth-order valence-corrected chi connectivity index (χ4v) is 3.23. The largest absolute Gasteiger partial charge is 0.497 e. The maximum Gasteiger partial charge on any atom is 0.122 e. The molecule has 3 nitrogen and oxygen atoms in total. The molecule has 0 aliphatic carbocycles. The van der Waals surface area contributed by atoms with Gasteiger partial charge in [-0.15, -0.1) is 0 Å². The lowest BCUT2D eigenvalue weighted by Crippen LogP contribution is -2.35. The summed E-state index contributed by atoms with van der Waals surface area (Å²) < 4.78 is 5.31. The van der Waals surface area contributed by atoms with Crippen LogP contribution in [0.15, 0.2) is 12.1 Å². The summed E-state index contributed by atoms with van der Waals surface area (Å²) in [4.78, 5) is 7.72. The van der Waals surface area contributed by atoms with E-state index in [9.17, 15) is 0 Å². The molecule has 2 heterocycles. The van der Waals surface area contributed by atoms with Crippen molar-refractivity contribution in [2.24, 2.45) is 5.92 Å². The zero-order chi connectivity index (χ0) is 13.8. The van der Waals surface area contributed by atoms with Crippen LogP contribution in [0, 0.1) is 12.8 Å². The number of pyridine rings is 1. The van der Waals surface area contributed by atoms with Crippen molar-refractivity contribution in [2.45, 2.75) is 38.1 Å². The van der Waals surface area contributed by atoms with Gasteiger partial charge in [-0.25, -0.2) is 0 Å². The molecule has 2 rings (SSSR count). The Bertz CT molecular complexity index is 415. The molecule has 1 aliphatic heterocycles. The van der Waals surface area contributed by atoms with E-state index < -0.39 is 0 Å². The lowest BCUT2D eigenvalue weighted by molar-refractivity contribution is 0.176. The van der Waals surface area contributed by atoms with E-state index in [2.05, 4.69) is 32.7 Å². The Labute approximate surface area is 124 Å². The van der Waals surface area contributed by atoms with Crippen molar-refractivity contribution in [3.05, 3.63) is 23.5 Å². The van der Waals surface area contributed by atoms with E-state index >= 15 is 0 Å². The first-order valence-corrected chi connectivity index (χ1v) is 7.88. The van der Waals surface area contributed by atoms with Gasteiger partial charge in [-0.2, -0.15) is 0 Å². The summed E-state index contributed by atoms with van der Waals surface area (Å²) in [6.07, 6.45) is 2.55. The first kappa shape index (κ1) is 14.8. The monoisotopic (exact) mass is 326 g/mol.